The zero-order valence-electron chi connectivity index (χ0n) is 11.2. The third kappa shape index (κ3) is 2.88. The predicted molar refractivity (Wildman–Crippen MR) is 78.2 cm³/mol. The van der Waals surface area contributed by atoms with Gasteiger partial charge in [0.1, 0.15) is 11.6 Å². The molecule has 0 aliphatic heterocycles. The van der Waals surface area contributed by atoms with Crippen LogP contribution >= 0.6 is 23.4 Å². The van der Waals surface area contributed by atoms with E-state index in [1.807, 2.05) is 6.26 Å². The number of rotatable bonds is 4. The molecular formula is C12H13ClN4O2S. The lowest BCUT2D eigenvalue weighted by molar-refractivity contribution is 0.100. The predicted octanol–water partition coefficient (Wildman–Crippen LogP) is 2.35. The van der Waals surface area contributed by atoms with Gasteiger partial charge in [0.2, 0.25) is 5.16 Å². The summed E-state index contributed by atoms with van der Waals surface area (Å²) in [5.41, 5.74) is 3.07. The van der Waals surface area contributed by atoms with Crippen LogP contribution in [0.4, 0.5) is 0 Å². The summed E-state index contributed by atoms with van der Waals surface area (Å²) >= 11 is 7.30. The summed E-state index contributed by atoms with van der Waals surface area (Å²) in [5.74, 6) is 0.689. The van der Waals surface area contributed by atoms with E-state index in [1.54, 1.807) is 25.1 Å². The molecule has 1 heterocycles. The minimum absolute atomic E-state index is 0.345. The summed E-state index contributed by atoms with van der Waals surface area (Å²) in [6, 6.07) is 4.86. The van der Waals surface area contributed by atoms with Crippen LogP contribution in [0.15, 0.2) is 23.4 Å². The number of nitrogens with zero attached hydrogens (tertiary/aromatic N) is 3. The maximum absolute atomic E-state index is 12.3. The molecule has 0 saturated heterocycles. The van der Waals surface area contributed by atoms with Crippen LogP contribution in [0.3, 0.4) is 0 Å². The van der Waals surface area contributed by atoms with Crippen LogP contribution in [0, 0.1) is 6.92 Å². The SMILES string of the molecule is COc1ccc(Cl)cc1C(=O)Nn1c(C)nnc1SC. The van der Waals surface area contributed by atoms with E-state index in [0.29, 0.717) is 27.3 Å². The number of hydrogen-bond acceptors (Lipinski definition) is 5. The van der Waals surface area contributed by atoms with Crippen molar-refractivity contribution in [3.05, 3.63) is 34.6 Å². The Labute approximate surface area is 125 Å². The molecule has 2 rings (SSSR count). The third-order valence-corrected chi connectivity index (χ3v) is 3.46. The van der Waals surface area contributed by atoms with Gasteiger partial charge in [-0.05, 0) is 31.4 Å². The van der Waals surface area contributed by atoms with Gasteiger partial charge in [-0.3, -0.25) is 10.2 Å². The van der Waals surface area contributed by atoms with E-state index in [4.69, 9.17) is 16.3 Å². The number of hydrogen-bond donors (Lipinski definition) is 1. The van der Waals surface area contributed by atoms with Crippen molar-refractivity contribution in [1.82, 2.24) is 14.9 Å². The molecule has 6 nitrogen and oxygen atoms in total. The van der Waals surface area contributed by atoms with Crippen LogP contribution in [-0.2, 0) is 0 Å². The number of carbonyl (C=O) groups excluding carboxylic acids is 1. The molecule has 0 aliphatic carbocycles. The van der Waals surface area contributed by atoms with Gasteiger partial charge >= 0.3 is 0 Å². The van der Waals surface area contributed by atoms with Crippen molar-refractivity contribution in [3.63, 3.8) is 0 Å². The monoisotopic (exact) mass is 312 g/mol. The van der Waals surface area contributed by atoms with Crippen molar-refractivity contribution >= 4 is 29.3 Å². The fourth-order valence-electron chi connectivity index (χ4n) is 1.62. The average molecular weight is 313 g/mol. The molecule has 0 unspecified atom stereocenters. The van der Waals surface area contributed by atoms with Crippen molar-refractivity contribution in [1.29, 1.82) is 0 Å². The van der Waals surface area contributed by atoms with Crippen molar-refractivity contribution < 1.29 is 9.53 Å². The Morgan fingerprint density at radius 3 is 2.85 bits per heavy atom. The molecule has 1 N–H and O–H groups in total. The molecule has 106 valence electrons. The second-order valence-corrected chi connectivity index (χ2v) is 5.06. The summed E-state index contributed by atoms with van der Waals surface area (Å²) in [4.78, 5) is 12.3. The first-order valence-corrected chi connectivity index (χ1v) is 7.28. The quantitative estimate of drug-likeness (QED) is 0.878. The molecule has 0 atom stereocenters. The van der Waals surface area contributed by atoms with Crippen LogP contribution in [-0.4, -0.2) is 34.1 Å². The largest absolute Gasteiger partial charge is 0.496 e. The van der Waals surface area contributed by atoms with Gasteiger partial charge in [-0.25, -0.2) is 4.68 Å². The number of aromatic nitrogens is 3. The van der Waals surface area contributed by atoms with Crippen LogP contribution in [0.1, 0.15) is 16.2 Å². The third-order valence-electron chi connectivity index (χ3n) is 2.60. The van der Waals surface area contributed by atoms with Crippen LogP contribution in [0.5, 0.6) is 5.75 Å². The van der Waals surface area contributed by atoms with E-state index in [0.717, 1.165) is 0 Å². The summed E-state index contributed by atoms with van der Waals surface area (Å²) in [6.45, 7) is 1.75. The zero-order chi connectivity index (χ0) is 14.7. The Hall–Kier alpha value is -1.73. The summed E-state index contributed by atoms with van der Waals surface area (Å²) < 4.78 is 6.68. The lowest BCUT2D eigenvalue weighted by Crippen LogP contribution is -2.25. The first kappa shape index (κ1) is 14.7. The highest BCUT2D eigenvalue weighted by Gasteiger charge is 2.16. The van der Waals surface area contributed by atoms with Crippen LogP contribution in [0.2, 0.25) is 5.02 Å². The molecule has 0 bridgehead atoms. The molecule has 1 aromatic carbocycles. The minimum Gasteiger partial charge on any atom is -0.496 e. The molecule has 20 heavy (non-hydrogen) atoms. The fourth-order valence-corrected chi connectivity index (χ4v) is 2.28. The molecule has 8 heteroatoms. The highest BCUT2D eigenvalue weighted by molar-refractivity contribution is 7.98. The maximum Gasteiger partial charge on any atom is 0.274 e. The number of nitrogens with one attached hydrogen (secondary N) is 1. The van der Waals surface area contributed by atoms with Crippen molar-refractivity contribution in [2.45, 2.75) is 12.1 Å². The summed E-state index contributed by atoms with van der Waals surface area (Å²) in [6.07, 6.45) is 1.85. The molecule has 0 spiro atoms. The summed E-state index contributed by atoms with van der Waals surface area (Å²) in [5, 5.41) is 8.91. The Kier molecular flexibility index (Phi) is 4.51. The van der Waals surface area contributed by atoms with E-state index in [9.17, 15) is 4.79 Å². The summed E-state index contributed by atoms with van der Waals surface area (Å²) in [7, 11) is 1.50. The van der Waals surface area contributed by atoms with Crippen molar-refractivity contribution in [3.8, 4) is 5.75 Å². The molecule has 0 radical (unpaired) electrons. The van der Waals surface area contributed by atoms with E-state index in [-0.39, 0.29) is 5.91 Å². The van der Waals surface area contributed by atoms with E-state index in [2.05, 4.69) is 15.6 Å². The fraction of sp³-hybridized carbons (Fsp3) is 0.250. The number of amides is 1. The molecule has 1 amide bonds. The van der Waals surface area contributed by atoms with Gasteiger partial charge in [-0.2, -0.15) is 0 Å². The second kappa shape index (κ2) is 6.15. The second-order valence-electron chi connectivity index (χ2n) is 3.85. The van der Waals surface area contributed by atoms with Gasteiger partial charge in [0.15, 0.2) is 0 Å². The number of benzene rings is 1. The van der Waals surface area contributed by atoms with Crippen molar-refractivity contribution in [2.24, 2.45) is 0 Å². The molecule has 0 saturated carbocycles. The first-order chi connectivity index (χ1) is 9.56. The molecule has 0 fully saturated rings. The highest BCUT2D eigenvalue weighted by Crippen LogP contribution is 2.23. The topological polar surface area (TPSA) is 69.0 Å². The molecule has 0 aliphatic rings. The average Bonchev–Trinajstić information content (AvgIpc) is 2.79. The van der Waals surface area contributed by atoms with E-state index >= 15 is 0 Å². The smallest absolute Gasteiger partial charge is 0.274 e. The van der Waals surface area contributed by atoms with Crippen molar-refractivity contribution in [2.75, 3.05) is 18.8 Å². The Balaban J connectivity index is 2.33. The number of methoxy groups -OCH3 is 1. The standard InChI is InChI=1S/C12H13ClN4O2S/c1-7-14-15-12(20-3)17(7)16-11(18)9-6-8(13)4-5-10(9)19-2/h4-6H,1-3H3,(H,16,18). The van der Waals surface area contributed by atoms with Gasteiger partial charge in [-0.15, -0.1) is 10.2 Å². The maximum atomic E-state index is 12.3. The Morgan fingerprint density at radius 2 is 2.20 bits per heavy atom. The number of aryl methyl sites for hydroxylation is 1. The van der Waals surface area contributed by atoms with Gasteiger partial charge in [0.05, 0.1) is 12.7 Å². The number of halogens is 1. The van der Waals surface area contributed by atoms with Gasteiger partial charge in [0.25, 0.3) is 5.91 Å². The van der Waals surface area contributed by atoms with Gasteiger partial charge < -0.3 is 4.74 Å². The molecular weight excluding hydrogens is 300 g/mol. The zero-order valence-corrected chi connectivity index (χ0v) is 12.7. The van der Waals surface area contributed by atoms with Crippen LogP contribution < -0.4 is 10.2 Å². The molecule has 1 aromatic heterocycles. The lowest BCUT2D eigenvalue weighted by atomic mass is 10.2. The number of thioether (sulfide) groups is 1. The number of ether oxygens (including phenoxy) is 1. The number of carbonyl (C=O) groups is 1. The van der Waals surface area contributed by atoms with Gasteiger partial charge in [-0.1, -0.05) is 23.4 Å². The molecule has 2 aromatic rings. The Bertz CT molecular complexity index is 644. The minimum atomic E-state index is -0.345. The first-order valence-electron chi connectivity index (χ1n) is 5.67. The van der Waals surface area contributed by atoms with E-state index in [1.165, 1.54) is 23.5 Å². The normalized spacial score (nSPS) is 10.4. The van der Waals surface area contributed by atoms with E-state index < -0.39 is 0 Å². The van der Waals surface area contributed by atoms with Crippen LogP contribution in [0.25, 0.3) is 0 Å². The van der Waals surface area contributed by atoms with Gasteiger partial charge in [0, 0.05) is 5.02 Å². The lowest BCUT2D eigenvalue weighted by Gasteiger charge is -2.12. The highest BCUT2D eigenvalue weighted by atomic mass is 35.5. The Morgan fingerprint density at radius 1 is 1.45 bits per heavy atom.